The number of rotatable bonds is 5. The van der Waals surface area contributed by atoms with E-state index < -0.39 is 0 Å². The first-order valence-corrected chi connectivity index (χ1v) is 7.43. The SMILES string of the molecule is COc1ccccc1C=CC(=O)Nc1nc(C)c(C(C)=O)s1. The number of carbonyl (C=O) groups excluding carboxylic acids is 2. The van der Waals surface area contributed by atoms with Crippen LogP contribution in [0.25, 0.3) is 6.08 Å². The normalized spacial score (nSPS) is 10.7. The standard InChI is InChI=1S/C16H16N2O3S/c1-10-15(11(2)19)22-16(17-10)18-14(20)9-8-12-6-4-5-7-13(12)21-3/h4-9H,1-3H3,(H,17,18,20). The molecule has 0 radical (unpaired) electrons. The van der Waals surface area contributed by atoms with Crippen molar-refractivity contribution in [1.82, 2.24) is 4.98 Å². The van der Waals surface area contributed by atoms with Gasteiger partial charge in [0.2, 0.25) is 5.91 Å². The predicted octanol–water partition coefficient (Wildman–Crippen LogP) is 3.31. The smallest absolute Gasteiger partial charge is 0.250 e. The Labute approximate surface area is 132 Å². The minimum absolute atomic E-state index is 0.0555. The van der Waals surface area contributed by atoms with Crippen LogP contribution in [-0.2, 0) is 4.79 Å². The summed E-state index contributed by atoms with van der Waals surface area (Å²) in [5, 5.41) is 3.07. The third-order valence-corrected chi connectivity index (χ3v) is 4.07. The Morgan fingerprint density at radius 1 is 1.32 bits per heavy atom. The molecule has 1 aromatic carbocycles. The van der Waals surface area contributed by atoms with Gasteiger partial charge in [0.05, 0.1) is 17.7 Å². The van der Waals surface area contributed by atoms with Gasteiger partial charge in [0.25, 0.3) is 0 Å². The van der Waals surface area contributed by atoms with Crippen molar-refractivity contribution in [2.45, 2.75) is 13.8 Å². The van der Waals surface area contributed by atoms with E-state index >= 15 is 0 Å². The van der Waals surface area contributed by atoms with Crippen LogP contribution in [0.5, 0.6) is 5.75 Å². The molecule has 0 atom stereocenters. The molecule has 0 aliphatic rings. The van der Waals surface area contributed by atoms with E-state index in [1.807, 2.05) is 24.3 Å². The summed E-state index contributed by atoms with van der Waals surface area (Å²) in [6, 6.07) is 7.40. The number of hydrogen-bond acceptors (Lipinski definition) is 5. The lowest BCUT2D eigenvalue weighted by molar-refractivity contribution is -0.111. The molecular weight excluding hydrogens is 300 g/mol. The third kappa shape index (κ3) is 3.79. The van der Waals surface area contributed by atoms with E-state index in [-0.39, 0.29) is 11.7 Å². The van der Waals surface area contributed by atoms with Gasteiger partial charge in [-0.3, -0.25) is 14.9 Å². The Kier molecular flexibility index (Phi) is 5.06. The number of Topliss-reactive ketones (excluding diaryl/α,β-unsaturated/α-hetero) is 1. The summed E-state index contributed by atoms with van der Waals surface area (Å²) < 4.78 is 5.21. The van der Waals surface area contributed by atoms with Gasteiger partial charge in [-0.05, 0) is 19.1 Å². The molecule has 0 bridgehead atoms. The van der Waals surface area contributed by atoms with Gasteiger partial charge in [0.15, 0.2) is 10.9 Å². The number of thiazole rings is 1. The summed E-state index contributed by atoms with van der Waals surface area (Å²) in [5.74, 6) is 0.324. The van der Waals surface area contributed by atoms with Gasteiger partial charge in [-0.25, -0.2) is 4.98 Å². The summed E-state index contributed by atoms with van der Waals surface area (Å²) in [6.07, 6.45) is 3.07. The molecule has 1 aromatic heterocycles. The average Bonchev–Trinajstić information content (AvgIpc) is 2.86. The van der Waals surface area contributed by atoms with Crippen LogP contribution in [0.3, 0.4) is 0 Å². The van der Waals surface area contributed by atoms with Crippen LogP contribution in [0, 0.1) is 6.92 Å². The highest BCUT2D eigenvalue weighted by Gasteiger charge is 2.12. The number of amides is 1. The van der Waals surface area contributed by atoms with Crippen LogP contribution in [0.2, 0.25) is 0 Å². The molecule has 6 heteroatoms. The van der Waals surface area contributed by atoms with Crippen molar-refractivity contribution in [3.05, 3.63) is 46.5 Å². The molecule has 5 nitrogen and oxygen atoms in total. The minimum Gasteiger partial charge on any atom is -0.496 e. The molecule has 2 aromatic rings. The molecule has 0 aliphatic heterocycles. The van der Waals surface area contributed by atoms with E-state index in [9.17, 15) is 9.59 Å². The summed E-state index contributed by atoms with van der Waals surface area (Å²) in [7, 11) is 1.58. The largest absolute Gasteiger partial charge is 0.496 e. The van der Waals surface area contributed by atoms with Crippen LogP contribution in [0.4, 0.5) is 5.13 Å². The van der Waals surface area contributed by atoms with E-state index in [0.717, 1.165) is 5.56 Å². The highest BCUT2D eigenvalue weighted by Crippen LogP contribution is 2.23. The molecule has 1 heterocycles. The Morgan fingerprint density at radius 2 is 2.05 bits per heavy atom. The van der Waals surface area contributed by atoms with Gasteiger partial charge in [0.1, 0.15) is 5.75 Å². The maximum Gasteiger partial charge on any atom is 0.250 e. The second-order valence-electron chi connectivity index (χ2n) is 4.55. The number of nitrogens with zero attached hydrogens (tertiary/aromatic N) is 1. The van der Waals surface area contributed by atoms with Crippen LogP contribution < -0.4 is 10.1 Å². The molecule has 0 fully saturated rings. The monoisotopic (exact) mass is 316 g/mol. The number of nitrogens with one attached hydrogen (secondary N) is 1. The number of methoxy groups -OCH3 is 1. The van der Waals surface area contributed by atoms with Crippen LogP contribution in [-0.4, -0.2) is 23.8 Å². The molecule has 0 unspecified atom stereocenters. The molecule has 114 valence electrons. The average molecular weight is 316 g/mol. The number of aryl methyl sites for hydroxylation is 1. The molecular formula is C16H16N2O3S. The lowest BCUT2D eigenvalue weighted by Gasteiger charge is -2.03. The van der Waals surface area contributed by atoms with E-state index in [1.54, 1.807) is 20.1 Å². The molecule has 2 rings (SSSR count). The Balaban J connectivity index is 2.08. The quantitative estimate of drug-likeness (QED) is 0.679. The maximum absolute atomic E-state index is 11.9. The van der Waals surface area contributed by atoms with E-state index in [4.69, 9.17) is 4.74 Å². The number of para-hydroxylation sites is 1. The molecule has 0 saturated carbocycles. The summed E-state index contributed by atoms with van der Waals surface area (Å²) in [5.41, 5.74) is 1.43. The first kappa shape index (κ1) is 15.9. The lowest BCUT2D eigenvalue weighted by atomic mass is 10.2. The number of anilines is 1. The van der Waals surface area contributed by atoms with Crippen LogP contribution in [0.15, 0.2) is 30.3 Å². The number of ketones is 1. The molecule has 0 spiro atoms. The van der Waals surface area contributed by atoms with Crippen LogP contribution >= 0.6 is 11.3 Å². The fourth-order valence-corrected chi connectivity index (χ4v) is 2.76. The first-order valence-electron chi connectivity index (χ1n) is 6.61. The lowest BCUT2D eigenvalue weighted by Crippen LogP contribution is -2.07. The third-order valence-electron chi connectivity index (χ3n) is 2.90. The number of hydrogen-bond donors (Lipinski definition) is 1. The zero-order valence-electron chi connectivity index (χ0n) is 12.5. The summed E-state index contributed by atoms with van der Waals surface area (Å²) in [6.45, 7) is 3.22. The summed E-state index contributed by atoms with van der Waals surface area (Å²) in [4.78, 5) is 28.0. The highest BCUT2D eigenvalue weighted by molar-refractivity contribution is 7.17. The van der Waals surface area contributed by atoms with Crippen molar-refractivity contribution in [1.29, 1.82) is 0 Å². The molecule has 1 N–H and O–H groups in total. The fourth-order valence-electron chi connectivity index (χ4n) is 1.89. The second-order valence-corrected chi connectivity index (χ2v) is 5.55. The minimum atomic E-state index is -0.310. The highest BCUT2D eigenvalue weighted by atomic mass is 32.1. The second kappa shape index (κ2) is 7.00. The van der Waals surface area contributed by atoms with Gasteiger partial charge in [-0.2, -0.15) is 0 Å². The Morgan fingerprint density at radius 3 is 2.68 bits per heavy atom. The van der Waals surface area contributed by atoms with Gasteiger partial charge in [-0.1, -0.05) is 29.5 Å². The Hall–Kier alpha value is -2.47. The fraction of sp³-hybridized carbons (Fsp3) is 0.188. The predicted molar refractivity (Wildman–Crippen MR) is 87.5 cm³/mol. The zero-order valence-corrected chi connectivity index (χ0v) is 13.4. The topological polar surface area (TPSA) is 68.3 Å². The summed E-state index contributed by atoms with van der Waals surface area (Å²) >= 11 is 1.17. The van der Waals surface area contributed by atoms with Gasteiger partial charge in [0, 0.05) is 18.6 Å². The molecule has 0 aliphatic carbocycles. The molecule has 0 saturated heterocycles. The number of benzene rings is 1. The van der Waals surface area contributed by atoms with E-state index in [2.05, 4.69) is 10.3 Å². The number of ether oxygens (including phenoxy) is 1. The van der Waals surface area contributed by atoms with Gasteiger partial charge >= 0.3 is 0 Å². The van der Waals surface area contributed by atoms with Crippen LogP contribution in [0.1, 0.15) is 27.9 Å². The van der Waals surface area contributed by atoms with Gasteiger partial charge in [-0.15, -0.1) is 0 Å². The van der Waals surface area contributed by atoms with Crippen molar-refractivity contribution < 1.29 is 14.3 Å². The van der Waals surface area contributed by atoms with E-state index in [1.165, 1.54) is 24.3 Å². The maximum atomic E-state index is 11.9. The molecule has 22 heavy (non-hydrogen) atoms. The first-order chi connectivity index (χ1) is 10.5. The van der Waals surface area contributed by atoms with E-state index in [0.29, 0.717) is 21.5 Å². The van der Waals surface area contributed by atoms with Crippen molar-refractivity contribution in [2.75, 3.05) is 12.4 Å². The number of carbonyl (C=O) groups is 2. The van der Waals surface area contributed by atoms with Crippen molar-refractivity contribution >= 4 is 34.2 Å². The van der Waals surface area contributed by atoms with Crippen molar-refractivity contribution in [3.63, 3.8) is 0 Å². The number of aromatic nitrogens is 1. The zero-order chi connectivity index (χ0) is 16.1. The Bertz CT molecular complexity index is 735. The van der Waals surface area contributed by atoms with Gasteiger partial charge < -0.3 is 4.74 Å². The van der Waals surface area contributed by atoms with Crippen molar-refractivity contribution in [3.8, 4) is 5.75 Å². The molecule has 1 amide bonds. The van der Waals surface area contributed by atoms with Crippen molar-refractivity contribution in [2.24, 2.45) is 0 Å².